The van der Waals surface area contributed by atoms with E-state index in [1.54, 1.807) is 36.3 Å². The van der Waals surface area contributed by atoms with Crippen LogP contribution in [0.15, 0.2) is 213 Å². The summed E-state index contributed by atoms with van der Waals surface area (Å²) in [7, 11) is 1.76. The van der Waals surface area contributed by atoms with Gasteiger partial charge in [0.15, 0.2) is 0 Å². The number of benzene rings is 8. The summed E-state index contributed by atoms with van der Waals surface area (Å²) in [5, 5.41) is 14.5. The molecule has 23 rings (SSSR count). The third-order valence-electron chi connectivity index (χ3n) is 27.8. The predicted octanol–water partition coefficient (Wildman–Crippen LogP) is 16.4. The minimum atomic E-state index is -0.485. The van der Waals surface area contributed by atoms with Crippen LogP contribution >= 0.6 is 0 Å². The molecule has 7 fully saturated rings. The molecular formula is C111H125N15O15. The van der Waals surface area contributed by atoms with Crippen LogP contribution in [0.3, 0.4) is 0 Å². The van der Waals surface area contributed by atoms with Gasteiger partial charge in [-0.15, -0.1) is 0 Å². The lowest BCUT2D eigenvalue weighted by molar-refractivity contribution is 0.0210. The summed E-state index contributed by atoms with van der Waals surface area (Å²) in [5.41, 5.74) is 28.2. The Labute approximate surface area is 820 Å². The highest BCUT2D eigenvalue weighted by Gasteiger charge is 2.33. The van der Waals surface area contributed by atoms with Crippen molar-refractivity contribution in [2.75, 3.05) is 206 Å². The number of hydrogen-bond acceptors (Lipinski definition) is 25. The summed E-state index contributed by atoms with van der Waals surface area (Å²) < 4.78 is 58.2. The van der Waals surface area contributed by atoms with Crippen LogP contribution in [0.1, 0.15) is 104 Å². The standard InChI is InChI=1S/C32H38N4O5.C30H36N4O4.C27H30N4O3.C22H21N3O3/c1-32(2,3)41-31(38)36-11-9-23(10-12-36)33-24-7-8-28-22(18-24)17-21-5-4-6-26(30(21)40-28)27-19-25(20-29(37)34-27)35-13-15-39-16-14-35;1-36-14-11-33-9-7-23(8-10-33)31-24-5-6-28-22(18-24)17-21-3-2-4-26(30(21)38-28)27-19-25(20-29(35)32-27)34-12-15-37-16-13-34;32-26-17-22(31-10-12-33-13-11-31)16-24(30-26)23-3-1-2-18-14-19-15-21(4-5-25(19)34-27(18)23)29-20-6-8-28-9-7-20;23-16-4-5-20-15(11-16)10-14-2-1-3-18(22(14)28-20)19-12-17(13-21(26)24-19)25-6-8-27-9-7-25/h4-8,18-20,23,33H,9-17H2,1-3H3,(H,34,37);2-6,18-20,23,31H,7-17H2,1H3,(H,32,35);1-5,15-17,20,28-29H,6-14H2,(H,30,32);1-5,11-13H,6-10,23H2,(H,24,26). The Balaban J connectivity index is 0.000000116. The molecule has 8 aromatic carbocycles. The van der Waals surface area contributed by atoms with Crippen molar-refractivity contribution in [1.29, 1.82) is 0 Å². The average Bonchev–Trinajstić information content (AvgIpc) is 0.777. The van der Waals surface area contributed by atoms with Gasteiger partial charge < -0.3 is 124 Å². The number of likely N-dealkylation sites (tertiary alicyclic amines) is 2. The summed E-state index contributed by atoms with van der Waals surface area (Å²) in [6.07, 6.45) is 9.10. The zero-order valence-corrected chi connectivity index (χ0v) is 80.6. The van der Waals surface area contributed by atoms with Crippen LogP contribution in [0.4, 0.5) is 50.3 Å². The highest BCUT2D eigenvalue weighted by molar-refractivity contribution is 5.80. The minimum Gasteiger partial charge on any atom is -0.456 e. The monoisotopic (exact) mass is 1910 g/mol. The van der Waals surface area contributed by atoms with Gasteiger partial charge in [0.05, 0.1) is 82.2 Å². The Hall–Kier alpha value is -13.9. The SMILES string of the molecule is CC(C)(C)OC(=O)N1CCC(Nc2ccc3c(c2)Cc2cccc(-c4cc(N5CCOCC5)cc(=O)[nH]4)c2O3)CC1.COCCN1CCC(Nc2ccc3c(c2)Cc2cccc(-c4cc(N5CCOCC5)cc(=O)[nH]4)c2O3)CC1.Nc1ccc2c(c1)Cc1cccc(-c3cc(N4CCOCC4)cc(=O)[nH]3)c1O2.O=c1cc(N2CCOCC2)cc(-c2cccc3c2Oc2ccc(NC4CCNCC4)cc2C3)[nH]1. The number of carbonyl (C=O) groups excluding carboxylic acids is 1. The molecule has 0 unspecified atom stereocenters. The summed E-state index contributed by atoms with van der Waals surface area (Å²) >= 11 is 0. The van der Waals surface area contributed by atoms with Crippen molar-refractivity contribution in [3.05, 3.63) is 280 Å². The molecule has 4 aromatic heterocycles. The lowest BCUT2D eigenvalue weighted by atomic mass is 9.96. The molecule has 30 heteroatoms. The van der Waals surface area contributed by atoms with E-state index < -0.39 is 5.60 Å². The molecule has 1 amide bonds. The molecule has 10 N–H and O–H groups in total. The predicted molar refractivity (Wildman–Crippen MR) is 553 cm³/mol. The summed E-state index contributed by atoms with van der Waals surface area (Å²) in [5.74, 6) is 6.59. The number of morpholine rings is 4. The van der Waals surface area contributed by atoms with E-state index in [2.05, 4.69) is 138 Å². The van der Waals surface area contributed by atoms with Gasteiger partial charge in [0.1, 0.15) is 51.6 Å². The highest BCUT2D eigenvalue weighted by atomic mass is 16.6. The van der Waals surface area contributed by atoms with E-state index in [1.165, 1.54) is 11.1 Å². The molecule has 12 aromatic rings. The number of piperidine rings is 3. The number of nitrogens with one attached hydrogen (secondary N) is 8. The molecule has 0 radical (unpaired) electrons. The lowest BCUT2D eigenvalue weighted by Gasteiger charge is -2.34. The molecule has 0 aliphatic carbocycles. The average molecular weight is 1910 g/mol. The van der Waals surface area contributed by atoms with Crippen molar-refractivity contribution in [3.63, 3.8) is 0 Å². The molecule has 11 aliphatic heterocycles. The van der Waals surface area contributed by atoms with Gasteiger partial charge in [0, 0.05) is 250 Å². The zero-order chi connectivity index (χ0) is 96.5. The van der Waals surface area contributed by atoms with Crippen LogP contribution in [0.2, 0.25) is 0 Å². The molecule has 15 heterocycles. The highest BCUT2D eigenvalue weighted by Crippen LogP contribution is 2.49. The van der Waals surface area contributed by atoms with Crippen molar-refractivity contribution in [2.45, 2.75) is 109 Å². The van der Waals surface area contributed by atoms with Gasteiger partial charge in [0.2, 0.25) is 22.2 Å². The van der Waals surface area contributed by atoms with Crippen LogP contribution in [0, 0.1) is 0 Å². The summed E-state index contributed by atoms with van der Waals surface area (Å²) in [6, 6.07) is 65.2. The molecule has 0 bridgehead atoms. The van der Waals surface area contributed by atoms with E-state index in [9.17, 15) is 24.0 Å². The topological polar surface area (TPSA) is 334 Å². The number of nitrogen functional groups attached to an aromatic ring is 1. The van der Waals surface area contributed by atoms with E-state index in [-0.39, 0.29) is 34.4 Å². The van der Waals surface area contributed by atoms with Crippen LogP contribution in [-0.4, -0.2) is 224 Å². The van der Waals surface area contributed by atoms with Crippen molar-refractivity contribution < 1.29 is 52.2 Å². The van der Waals surface area contributed by atoms with Gasteiger partial charge in [-0.1, -0.05) is 48.5 Å². The van der Waals surface area contributed by atoms with E-state index in [0.717, 1.165) is 326 Å². The van der Waals surface area contributed by atoms with E-state index >= 15 is 0 Å². The Bertz CT molecular complexity index is 6750. The quantitative estimate of drug-likeness (QED) is 0.0382. The molecule has 0 saturated carbocycles. The summed E-state index contributed by atoms with van der Waals surface area (Å²) in [6.45, 7) is 24.7. The number of fused-ring (bicyclic) bond motifs is 8. The third-order valence-corrected chi connectivity index (χ3v) is 27.8. The number of rotatable bonds is 17. The Kier molecular flexibility index (Phi) is 28.9. The van der Waals surface area contributed by atoms with Crippen molar-refractivity contribution >= 4 is 51.6 Å². The van der Waals surface area contributed by atoms with Crippen LogP contribution in [0.5, 0.6) is 46.0 Å². The van der Waals surface area contributed by atoms with Gasteiger partial charge in [-0.2, -0.15) is 0 Å². The number of aromatic nitrogens is 4. The Morgan fingerprint density at radius 3 is 0.993 bits per heavy atom. The number of anilines is 8. The van der Waals surface area contributed by atoms with Gasteiger partial charge in [-0.25, -0.2) is 4.79 Å². The molecular weight excluding hydrogens is 1780 g/mol. The second kappa shape index (κ2) is 43.1. The maximum absolute atomic E-state index is 12.6. The number of carbonyl (C=O) groups is 1. The lowest BCUT2D eigenvalue weighted by Crippen LogP contribution is -2.44. The van der Waals surface area contributed by atoms with Gasteiger partial charge in [-0.3, -0.25) is 19.2 Å². The minimum absolute atomic E-state index is 0.110. The van der Waals surface area contributed by atoms with E-state index in [0.29, 0.717) is 78.0 Å². The second-order valence-corrected chi connectivity index (χ2v) is 38.8. The number of nitrogens with two attached hydrogens (primary N) is 1. The smallest absolute Gasteiger partial charge is 0.410 e. The molecule has 0 spiro atoms. The van der Waals surface area contributed by atoms with Gasteiger partial charge >= 0.3 is 6.09 Å². The second-order valence-electron chi connectivity index (χ2n) is 38.8. The first-order valence-corrected chi connectivity index (χ1v) is 49.7. The normalized spacial score (nSPS) is 17.3. The first-order chi connectivity index (χ1) is 68.8. The molecule has 734 valence electrons. The fraction of sp³-hybridized carbons (Fsp3) is 0.378. The number of methoxy groups -OCH3 is 1. The fourth-order valence-electron chi connectivity index (χ4n) is 20.5. The number of aromatic amines is 4. The number of hydrogen-bond donors (Lipinski definition) is 9. The van der Waals surface area contributed by atoms with Crippen molar-refractivity contribution in [3.8, 4) is 91.0 Å². The number of H-pyrrole nitrogens is 4. The molecule has 141 heavy (non-hydrogen) atoms. The Morgan fingerprint density at radius 2 is 0.674 bits per heavy atom. The largest absolute Gasteiger partial charge is 0.456 e. The van der Waals surface area contributed by atoms with Gasteiger partial charge in [0.25, 0.3) is 0 Å². The number of nitrogens with zero attached hydrogens (tertiary/aromatic N) is 6. The molecule has 0 atom stereocenters. The number of para-hydroxylation sites is 4. The fourth-order valence-corrected chi connectivity index (χ4v) is 20.5. The van der Waals surface area contributed by atoms with Crippen LogP contribution in [0.25, 0.3) is 45.0 Å². The molecule has 7 saturated heterocycles. The van der Waals surface area contributed by atoms with Crippen LogP contribution < -0.4 is 87.8 Å². The Morgan fingerprint density at radius 1 is 0.369 bits per heavy atom. The summed E-state index contributed by atoms with van der Waals surface area (Å²) in [4.78, 5) is 87.6. The zero-order valence-electron chi connectivity index (χ0n) is 80.6. The van der Waals surface area contributed by atoms with Crippen LogP contribution in [-0.2, 0) is 54.1 Å². The number of pyridine rings is 4. The van der Waals surface area contributed by atoms with E-state index in [4.69, 9.17) is 53.1 Å². The first kappa shape index (κ1) is 94.7. The molecule has 11 aliphatic rings. The number of amides is 1. The maximum Gasteiger partial charge on any atom is 0.410 e. The van der Waals surface area contributed by atoms with E-state index in [1.807, 2.05) is 118 Å². The maximum atomic E-state index is 12.6. The number of ether oxygens (including phenoxy) is 10. The first-order valence-electron chi connectivity index (χ1n) is 49.7. The van der Waals surface area contributed by atoms with Gasteiger partial charge in [-0.05, 0) is 216 Å². The third kappa shape index (κ3) is 22.9. The van der Waals surface area contributed by atoms with Crippen molar-refractivity contribution in [2.24, 2.45) is 0 Å². The van der Waals surface area contributed by atoms with Crippen molar-refractivity contribution in [1.82, 2.24) is 35.1 Å². The molecule has 30 nitrogen and oxygen atoms in total.